The van der Waals surface area contributed by atoms with E-state index in [9.17, 15) is 5.11 Å². The molecule has 2 aromatic carbocycles. The van der Waals surface area contributed by atoms with E-state index in [0.717, 1.165) is 16.7 Å². The molecule has 0 bridgehead atoms. The molecule has 0 atom stereocenters. The molecule has 1 N–H and O–H groups in total. The van der Waals surface area contributed by atoms with E-state index in [1.54, 1.807) is 12.1 Å². The summed E-state index contributed by atoms with van der Waals surface area (Å²) in [5.74, 6) is 0.275. The number of benzene rings is 2. The van der Waals surface area contributed by atoms with E-state index >= 15 is 0 Å². The second-order valence-corrected chi connectivity index (χ2v) is 5.20. The molecule has 0 heterocycles. The summed E-state index contributed by atoms with van der Waals surface area (Å²) in [7, 11) is 0. The van der Waals surface area contributed by atoms with Crippen LogP contribution in [-0.2, 0) is 0 Å². The highest BCUT2D eigenvalue weighted by Gasteiger charge is 1.96. The van der Waals surface area contributed by atoms with Crippen LogP contribution in [0, 0.1) is 6.92 Å². The summed E-state index contributed by atoms with van der Waals surface area (Å²) in [6, 6.07) is 15.5. The van der Waals surface area contributed by atoms with Crippen molar-refractivity contribution in [1.29, 1.82) is 0 Å². The largest absolute Gasteiger partial charge is 0.508 e. The number of rotatable bonds is 4. The van der Waals surface area contributed by atoms with E-state index in [4.69, 9.17) is 0 Å². The van der Waals surface area contributed by atoms with Gasteiger partial charge >= 0.3 is 0 Å². The Morgan fingerprint density at radius 1 is 1.05 bits per heavy atom. The van der Waals surface area contributed by atoms with Gasteiger partial charge in [0.05, 0.1) is 0 Å². The van der Waals surface area contributed by atoms with Gasteiger partial charge in [-0.3, -0.25) is 0 Å². The summed E-state index contributed by atoms with van der Waals surface area (Å²) in [5.41, 5.74) is 5.41. The molecule has 0 saturated heterocycles. The predicted molar refractivity (Wildman–Crippen MR) is 91.1 cm³/mol. The third kappa shape index (κ3) is 4.50. The molecule has 0 aliphatic carbocycles. The van der Waals surface area contributed by atoms with Crippen LogP contribution < -0.4 is 0 Å². The summed E-state index contributed by atoms with van der Waals surface area (Å²) in [4.78, 5) is 0. The van der Waals surface area contributed by atoms with Gasteiger partial charge in [0.25, 0.3) is 0 Å². The Bertz CT molecular complexity index is 705. The minimum atomic E-state index is 0.275. The third-order valence-corrected chi connectivity index (χ3v) is 3.28. The van der Waals surface area contributed by atoms with Gasteiger partial charge in [-0.15, -0.1) is 0 Å². The average Bonchev–Trinajstić information content (AvgIpc) is 2.45. The van der Waals surface area contributed by atoms with E-state index in [1.807, 2.05) is 37.3 Å². The fourth-order valence-corrected chi connectivity index (χ4v) is 2.06. The summed E-state index contributed by atoms with van der Waals surface area (Å²) in [6.07, 6.45) is 6.10. The zero-order valence-electron chi connectivity index (χ0n) is 12.5. The molecule has 0 aliphatic heterocycles. The number of aryl methyl sites for hydroxylation is 1. The molecule has 2 aromatic rings. The van der Waals surface area contributed by atoms with Crippen LogP contribution in [0.3, 0.4) is 0 Å². The Morgan fingerprint density at radius 3 is 2.48 bits per heavy atom. The monoisotopic (exact) mass is 276 g/mol. The second-order valence-electron chi connectivity index (χ2n) is 5.20. The van der Waals surface area contributed by atoms with Gasteiger partial charge in [0, 0.05) is 0 Å². The first-order valence-electron chi connectivity index (χ1n) is 6.96. The summed E-state index contributed by atoms with van der Waals surface area (Å²) >= 11 is 0. The first kappa shape index (κ1) is 14.9. The molecule has 0 fully saturated rings. The van der Waals surface area contributed by atoms with Crippen molar-refractivity contribution in [2.45, 2.75) is 13.8 Å². The number of allylic oxidation sites excluding steroid dienone is 3. The quantitative estimate of drug-likeness (QED) is 0.744. The molecule has 0 saturated carbocycles. The van der Waals surface area contributed by atoms with E-state index in [0.29, 0.717) is 0 Å². The maximum atomic E-state index is 9.48. The minimum Gasteiger partial charge on any atom is -0.508 e. The zero-order valence-corrected chi connectivity index (χ0v) is 12.5. The van der Waals surface area contributed by atoms with Crippen molar-refractivity contribution in [2.24, 2.45) is 0 Å². The molecule has 2 rings (SSSR count). The van der Waals surface area contributed by atoms with Crippen molar-refractivity contribution < 1.29 is 5.11 Å². The van der Waals surface area contributed by atoms with E-state index in [2.05, 4.69) is 37.8 Å². The first-order chi connectivity index (χ1) is 10.0. The fourth-order valence-electron chi connectivity index (χ4n) is 2.06. The molecule has 0 radical (unpaired) electrons. The normalized spacial score (nSPS) is 11.8. The van der Waals surface area contributed by atoms with Gasteiger partial charge in [-0.1, -0.05) is 66.8 Å². The van der Waals surface area contributed by atoms with E-state index in [-0.39, 0.29) is 5.75 Å². The molecule has 0 aromatic heterocycles. The van der Waals surface area contributed by atoms with Gasteiger partial charge in [-0.25, -0.2) is 0 Å². The molecule has 1 heteroatoms. The van der Waals surface area contributed by atoms with Gasteiger partial charge in [-0.05, 0) is 48.3 Å². The molecular formula is C20H20O. The minimum absolute atomic E-state index is 0.275. The van der Waals surface area contributed by atoms with Crippen molar-refractivity contribution in [1.82, 2.24) is 0 Å². The molecule has 0 amide bonds. The van der Waals surface area contributed by atoms with Crippen LogP contribution in [0.5, 0.6) is 5.75 Å². The Kier molecular flexibility index (Phi) is 4.78. The number of hydrogen-bond donors (Lipinski definition) is 1. The summed E-state index contributed by atoms with van der Waals surface area (Å²) in [6.45, 7) is 8.20. The lowest BCUT2D eigenvalue weighted by atomic mass is 10.0. The summed E-state index contributed by atoms with van der Waals surface area (Å²) in [5, 5.41) is 9.48. The van der Waals surface area contributed by atoms with Crippen LogP contribution in [0.4, 0.5) is 0 Å². The number of aromatic hydroxyl groups is 1. The van der Waals surface area contributed by atoms with Gasteiger partial charge in [0.1, 0.15) is 5.75 Å². The van der Waals surface area contributed by atoms with Gasteiger partial charge < -0.3 is 5.11 Å². The Balaban J connectivity index is 2.12. The maximum absolute atomic E-state index is 9.48. The Hall–Kier alpha value is -2.54. The van der Waals surface area contributed by atoms with Crippen molar-refractivity contribution >= 4 is 12.2 Å². The van der Waals surface area contributed by atoms with Crippen molar-refractivity contribution in [3.8, 4) is 5.75 Å². The molecule has 0 unspecified atom stereocenters. The van der Waals surface area contributed by atoms with Crippen LogP contribution >= 0.6 is 0 Å². The third-order valence-electron chi connectivity index (χ3n) is 3.28. The second kappa shape index (κ2) is 6.76. The van der Waals surface area contributed by atoms with Gasteiger partial charge in [0.15, 0.2) is 0 Å². The van der Waals surface area contributed by atoms with E-state index in [1.165, 1.54) is 11.1 Å². The lowest BCUT2D eigenvalue weighted by Crippen LogP contribution is -1.81. The fraction of sp³-hybridized carbons (Fsp3) is 0.100. The number of phenols is 1. The highest BCUT2D eigenvalue weighted by atomic mass is 16.3. The smallest absolute Gasteiger partial charge is 0.116 e. The standard InChI is InChI=1S/C20H20O/c1-15-6-4-7-18(12-15)11-10-16(2)17(3)13-19-8-5-9-20(21)14-19/h4-14,21H,2H2,1,3H3/b11-10+,17-13+. The topological polar surface area (TPSA) is 20.2 Å². The first-order valence-corrected chi connectivity index (χ1v) is 6.96. The lowest BCUT2D eigenvalue weighted by Gasteiger charge is -2.02. The van der Waals surface area contributed by atoms with Crippen LogP contribution in [0.1, 0.15) is 23.6 Å². The highest BCUT2D eigenvalue weighted by Crippen LogP contribution is 2.18. The molecule has 106 valence electrons. The van der Waals surface area contributed by atoms with Crippen molar-refractivity contribution in [3.05, 3.63) is 89.0 Å². The molecular weight excluding hydrogens is 256 g/mol. The average molecular weight is 276 g/mol. The van der Waals surface area contributed by atoms with Crippen molar-refractivity contribution in [3.63, 3.8) is 0 Å². The van der Waals surface area contributed by atoms with Crippen LogP contribution in [0.25, 0.3) is 12.2 Å². The zero-order chi connectivity index (χ0) is 15.2. The Labute approximate surface area is 126 Å². The van der Waals surface area contributed by atoms with Gasteiger partial charge in [0.2, 0.25) is 0 Å². The van der Waals surface area contributed by atoms with Crippen LogP contribution in [0.2, 0.25) is 0 Å². The molecule has 0 aliphatic rings. The van der Waals surface area contributed by atoms with Crippen LogP contribution in [0.15, 0.2) is 72.3 Å². The SMILES string of the molecule is C=C(/C=C/c1cccc(C)c1)/C(C)=C/c1cccc(O)c1. The van der Waals surface area contributed by atoms with Crippen molar-refractivity contribution in [2.75, 3.05) is 0 Å². The maximum Gasteiger partial charge on any atom is 0.116 e. The lowest BCUT2D eigenvalue weighted by molar-refractivity contribution is 0.475. The molecule has 0 spiro atoms. The van der Waals surface area contributed by atoms with E-state index < -0.39 is 0 Å². The Morgan fingerprint density at radius 2 is 1.76 bits per heavy atom. The van der Waals surface area contributed by atoms with Gasteiger partial charge in [-0.2, -0.15) is 0 Å². The molecule has 1 nitrogen and oxygen atoms in total. The number of hydrogen-bond acceptors (Lipinski definition) is 1. The predicted octanol–water partition coefficient (Wildman–Crippen LogP) is 5.37. The summed E-state index contributed by atoms with van der Waals surface area (Å²) < 4.78 is 0. The molecule has 21 heavy (non-hydrogen) atoms. The van der Waals surface area contributed by atoms with Crippen LogP contribution in [-0.4, -0.2) is 5.11 Å². The highest BCUT2D eigenvalue weighted by molar-refractivity contribution is 5.63. The number of phenolic OH excluding ortho intramolecular Hbond substituents is 1.